The van der Waals surface area contributed by atoms with Crippen molar-refractivity contribution in [3.05, 3.63) is 65.7 Å². The molecule has 0 fully saturated rings. The first-order valence-corrected chi connectivity index (χ1v) is 6.51. The van der Waals surface area contributed by atoms with Gasteiger partial charge in [0.1, 0.15) is 0 Å². The van der Waals surface area contributed by atoms with E-state index in [9.17, 15) is 9.59 Å². The number of benzene rings is 2. The van der Waals surface area contributed by atoms with Crippen LogP contribution < -0.4 is 15.8 Å². The Morgan fingerprint density at radius 2 is 1.38 bits per heavy atom. The molecule has 0 unspecified atom stereocenters. The fourth-order valence-electron chi connectivity index (χ4n) is 1.77. The van der Waals surface area contributed by atoms with E-state index in [0.29, 0.717) is 11.1 Å². The molecule has 2 aromatic carbocycles. The number of hydrogen-bond donors (Lipinski definition) is 2. The topological polar surface area (TPSA) is 61.4 Å². The predicted octanol–water partition coefficient (Wildman–Crippen LogP) is 1.83. The van der Waals surface area contributed by atoms with E-state index in [4.69, 9.17) is 0 Å². The minimum absolute atomic E-state index is 0.354. The first-order chi connectivity index (χ1) is 10.1. The first kappa shape index (κ1) is 14.6. The molecule has 0 aliphatic rings. The van der Waals surface area contributed by atoms with Crippen LogP contribution in [0.15, 0.2) is 54.6 Å². The van der Waals surface area contributed by atoms with Crippen molar-refractivity contribution in [3.63, 3.8) is 0 Å². The maximum Gasteiger partial charge on any atom is 0.269 e. The first-order valence-electron chi connectivity index (χ1n) is 6.51. The summed E-state index contributed by atoms with van der Waals surface area (Å²) in [6.07, 6.45) is 0. The van der Waals surface area contributed by atoms with E-state index < -0.39 is 0 Å². The van der Waals surface area contributed by atoms with Crippen LogP contribution in [-0.2, 0) is 0 Å². The van der Waals surface area contributed by atoms with Crippen molar-refractivity contribution in [3.8, 4) is 0 Å². The molecule has 0 spiro atoms. The highest BCUT2D eigenvalue weighted by Crippen LogP contribution is 2.13. The molecule has 108 valence electrons. The summed E-state index contributed by atoms with van der Waals surface area (Å²) < 4.78 is 0. The minimum atomic E-state index is -0.358. The van der Waals surface area contributed by atoms with E-state index in [-0.39, 0.29) is 11.8 Å². The van der Waals surface area contributed by atoms with Crippen LogP contribution in [0.1, 0.15) is 20.7 Å². The van der Waals surface area contributed by atoms with Crippen molar-refractivity contribution in [1.29, 1.82) is 0 Å². The van der Waals surface area contributed by atoms with Gasteiger partial charge >= 0.3 is 0 Å². The lowest BCUT2D eigenvalue weighted by Crippen LogP contribution is -2.41. The second-order valence-electron chi connectivity index (χ2n) is 4.72. The lowest BCUT2D eigenvalue weighted by molar-refractivity contribution is 0.0846. The standard InChI is InChI=1S/C16H17N3O2/c1-19(2)14-10-6-9-13(11-14)16(21)18-17-15(20)12-7-4-3-5-8-12/h3-11H,1-2H3,(H,17,20)(H,18,21). The van der Waals surface area contributed by atoms with Crippen LogP contribution in [0.5, 0.6) is 0 Å². The average molecular weight is 283 g/mol. The highest BCUT2D eigenvalue weighted by Gasteiger charge is 2.09. The van der Waals surface area contributed by atoms with E-state index in [1.807, 2.05) is 31.1 Å². The van der Waals surface area contributed by atoms with Gasteiger partial charge in [-0.3, -0.25) is 20.4 Å². The normalized spacial score (nSPS) is 9.81. The van der Waals surface area contributed by atoms with Gasteiger partial charge in [-0.25, -0.2) is 0 Å². The number of anilines is 1. The van der Waals surface area contributed by atoms with Crippen molar-refractivity contribution < 1.29 is 9.59 Å². The molecule has 2 N–H and O–H groups in total. The Hall–Kier alpha value is -2.82. The van der Waals surface area contributed by atoms with Gasteiger partial charge in [0.15, 0.2) is 0 Å². The Labute approximate surface area is 123 Å². The summed E-state index contributed by atoms with van der Waals surface area (Å²) >= 11 is 0. The molecule has 0 aromatic heterocycles. The van der Waals surface area contributed by atoms with E-state index in [1.165, 1.54) is 0 Å². The molecular weight excluding hydrogens is 266 g/mol. The highest BCUT2D eigenvalue weighted by atomic mass is 16.2. The Kier molecular flexibility index (Phi) is 4.56. The van der Waals surface area contributed by atoms with Gasteiger partial charge in [-0.15, -0.1) is 0 Å². The SMILES string of the molecule is CN(C)c1cccc(C(=O)NNC(=O)c2ccccc2)c1. The molecule has 2 amide bonds. The van der Waals surface area contributed by atoms with Crippen molar-refractivity contribution in [2.45, 2.75) is 0 Å². The van der Waals surface area contributed by atoms with Gasteiger partial charge in [0.05, 0.1) is 0 Å². The number of nitrogens with zero attached hydrogens (tertiary/aromatic N) is 1. The zero-order valence-corrected chi connectivity index (χ0v) is 12.0. The number of amides is 2. The second-order valence-corrected chi connectivity index (χ2v) is 4.72. The maximum absolute atomic E-state index is 12.0. The third kappa shape index (κ3) is 3.82. The van der Waals surface area contributed by atoms with Gasteiger partial charge in [0.25, 0.3) is 11.8 Å². The third-order valence-corrected chi connectivity index (χ3v) is 2.95. The van der Waals surface area contributed by atoms with Crippen molar-refractivity contribution >= 4 is 17.5 Å². The highest BCUT2D eigenvalue weighted by molar-refractivity contribution is 5.99. The molecule has 0 saturated carbocycles. The molecule has 0 aliphatic carbocycles. The molecule has 5 heteroatoms. The molecule has 0 saturated heterocycles. The number of rotatable bonds is 3. The molecule has 2 aromatic rings. The van der Waals surface area contributed by atoms with Crippen LogP contribution in [-0.4, -0.2) is 25.9 Å². The van der Waals surface area contributed by atoms with Crippen LogP contribution in [0.2, 0.25) is 0 Å². The van der Waals surface area contributed by atoms with E-state index >= 15 is 0 Å². The minimum Gasteiger partial charge on any atom is -0.378 e. The number of hydrazine groups is 1. The molecule has 0 radical (unpaired) electrons. The summed E-state index contributed by atoms with van der Waals surface area (Å²) in [4.78, 5) is 25.7. The molecule has 0 atom stereocenters. The monoisotopic (exact) mass is 283 g/mol. The Balaban J connectivity index is 1.99. The number of nitrogens with one attached hydrogen (secondary N) is 2. The fraction of sp³-hybridized carbons (Fsp3) is 0.125. The summed E-state index contributed by atoms with van der Waals surface area (Å²) in [5, 5.41) is 0. The van der Waals surface area contributed by atoms with Crippen molar-refractivity contribution in [2.75, 3.05) is 19.0 Å². The molecular formula is C16H17N3O2. The number of hydrogen-bond acceptors (Lipinski definition) is 3. The quantitative estimate of drug-likeness (QED) is 0.845. The Morgan fingerprint density at radius 1 is 0.810 bits per heavy atom. The maximum atomic E-state index is 12.0. The lowest BCUT2D eigenvalue weighted by atomic mass is 10.2. The molecule has 21 heavy (non-hydrogen) atoms. The van der Waals surface area contributed by atoms with Crippen LogP contribution >= 0.6 is 0 Å². The zero-order valence-electron chi connectivity index (χ0n) is 12.0. The van der Waals surface area contributed by atoms with Gasteiger partial charge in [0.2, 0.25) is 0 Å². The largest absolute Gasteiger partial charge is 0.378 e. The van der Waals surface area contributed by atoms with E-state index in [0.717, 1.165) is 5.69 Å². The van der Waals surface area contributed by atoms with Crippen molar-refractivity contribution in [2.24, 2.45) is 0 Å². The van der Waals surface area contributed by atoms with Gasteiger partial charge in [-0.05, 0) is 30.3 Å². The number of carbonyl (C=O) groups excluding carboxylic acids is 2. The molecule has 5 nitrogen and oxygen atoms in total. The Morgan fingerprint density at radius 3 is 2.00 bits per heavy atom. The summed E-state index contributed by atoms with van der Waals surface area (Å²) in [7, 11) is 3.79. The van der Waals surface area contributed by atoms with Gasteiger partial charge < -0.3 is 4.90 Å². The van der Waals surface area contributed by atoms with E-state index in [1.54, 1.807) is 42.5 Å². The molecule has 0 bridgehead atoms. The van der Waals surface area contributed by atoms with Gasteiger partial charge in [-0.2, -0.15) is 0 Å². The number of carbonyl (C=O) groups is 2. The summed E-state index contributed by atoms with van der Waals surface area (Å²) in [5.74, 6) is -0.712. The van der Waals surface area contributed by atoms with Crippen LogP contribution in [0.3, 0.4) is 0 Å². The van der Waals surface area contributed by atoms with Crippen molar-refractivity contribution in [1.82, 2.24) is 10.9 Å². The van der Waals surface area contributed by atoms with E-state index in [2.05, 4.69) is 10.9 Å². The molecule has 2 rings (SSSR count). The van der Waals surface area contributed by atoms with Crippen LogP contribution in [0, 0.1) is 0 Å². The summed E-state index contributed by atoms with van der Waals surface area (Å²) in [6.45, 7) is 0. The Bertz CT molecular complexity index is 639. The smallest absolute Gasteiger partial charge is 0.269 e. The zero-order chi connectivity index (χ0) is 15.2. The second kappa shape index (κ2) is 6.56. The molecule has 0 aliphatic heterocycles. The van der Waals surface area contributed by atoms with Gasteiger partial charge in [-0.1, -0.05) is 24.3 Å². The molecule has 0 heterocycles. The summed E-state index contributed by atoms with van der Waals surface area (Å²) in [5.41, 5.74) is 6.68. The fourth-order valence-corrected chi connectivity index (χ4v) is 1.77. The van der Waals surface area contributed by atoms with Gasteiger partial charge in [0, 0.05) is 30.9 Å². The predicted molar refractivity (Wildman–Crippen MR) is 82.1 cm³/mol. The van der Waals surface area contributed by atoms with Crippen LogP contribution in [0.25, 0.3) is 0 Å². The van der Waals surface area contributed by atoms with Crippen LogP contribution in [0.4, 0.5) is 5.69 Å². The lowest BCUT2D eigenvalue weighted by Gasteiger charge is -2.13. The third-order valence-electron chi connectivity index (χ3n) is 2.95. The summed E-state index contributed by atoms with van der Waals surface area (Å²) in [6, 6.07) is 15.8. The average Bonchev–Trinajstić information content (AvgIpc) is 2.53.